The lowest BCUT2D eigenvalue weighted by Crippen LogP contribution is -2.29. The van der Waals surface area contributed by atoms with Crippen LogP contribution in [0.3, 0.4) is 0 Å². The summed E-state index contributed by atoms with van der Waals surface area (Å²) in [5.74, 6) is 0.971. The quantitative estimate of drug-likeness (QED) is 0.651. The minimum Gasteiger partial charge on any atom is -0.481 e. The first-order chi connectivity index (χ1) is 6.57. The summed E-state index contributed by atoms with van der Waals surface area (Å²) in [7, 11) is 1.64. The van der Waals surface area contributed by atoms with Crippen molar-refractivity contribution >= 4 is 23.6 Å². The van der Waals surface area contributed by atoms with E-state index in [0.29, 0.717) is 13.0 Å². The molecule has 1 N–H and O–H groups in total. The van der Waals surface area contributed by atoms with E-state index in [0.717, 1.165) is 11.5 Å². The van der Waals surface area contributed by atoms with Gasteiger partial charge in [-0.15, -0.1) is 0 Å². The molecule has 5 heteroatoms. The molecule has 0 heterocycles. The maximum atomic E-state index is 11.4. The lowest BCUT2D eigenvalue weighted by Gasteiger charge is -2.15. The second-order valence-electron chi connectivity index (χ2n) is 2.91. The molecule has 4 nitrogen and oxygen atoms in total. The maximum absolute atomic E-state index is 11.4. The van der Waals surface area contributed by atoms with E-state index in [1.165, 1.54) is 4.90 Å². The summed E-state index contributed by atoms with van der Waals surface area (Å²) < 4.78 is 0. The summed E-state index contributed by atoms with van der Waals surface area (Å²) >= 11 is 1.71. The molecule has 1 amide bonds. The van der Waals surface area contributed by atoms with E-state index in [1.54, 1.807) is 18.8 Å². The highest BCUT2D eigenvalue weighted by molar-refractivity contribution is 7.99. The number of hydrogen-bond donors (Lipinski definition) is 1. The van der Waals surface area contributed by atoms with Crippen molar-refractivity contribution in [3.05, 3.63) is 0 Å². The Hall–Kier alpha value is -0.710. The molecule has 0 aliphatic rings. The van der Waals surface area contributed by atoms with Crippen LogP contribution in [0, 0.1) is 0 Å². The number of thioether (sulfide) groups is 1. The van der Waals surface area contributed by atoms with E-state index in [1.807, 2.05) is 6.92 Å². The van der Waals surface area contributed by atoms with Gasteiger partial charge < -0.3 is 10.0 Å². The average Bonchev–Trinajstić information content (AvgIpc) is 2.14. The fourth-order valence-corrected chi connectivity index (χ4v) is 1.49. The molecular weight excluding hydrogens is 202 g/mol. The van der Waals surface area contributed by atoms with Crippen LogP contribution in [0.15, 0.2) is 0 Å². The van der Waals surface area contributed by atoms with Crippen molar-refractivity contribution in [3.63, 3.8) is 0 Å². The van der Waals surface area contributed by atoms with Gasteiger partial charge in [0.1, 0.15) is 0 Å². The molecule has 82 valence electrons. The standard InChI is InChI=1S/C9H17NO3S/c1-3-14-7-5-8(11)10(2)6-4-9(12)13/h3-7H2,1-2H3,(H,12,13). The van der Waals surface area contributed by atoms with Crippen LogP contribution < -0.4 is 0 Å². The number of hydrogen-bond acceptors (Lipinski definition) is 3. The van der Waals surface area contributed by atoms with Crippen molar-refractivity contribution in [1.29, 1.82) is 0 Å². The van der Waals surface area contributed by atoms with E-state index in [9.17, 15) is 9.59 Å². The number of rotatable bonds is 7. The van der Waals surface area contributed by atoms with Gasteiger partial charge in [-0.3, -0.25) is 9.59 Å². The Morgan fingerprint density at radius 2 is 2.00 bits per heavy atom. The number of carboxylic acid groups (broad SMARTS) is 1. The van der Waals surface area contributed by atoms with Crippen molar-refractivity contribution in [3.8, 4) is 0 Å². The minimum absolute atomic E-state index is 0.0170. The van der Waals surface area contributed by atoms with Gasteiger partial charge in [-0.25, -0.2) is 0 Å². The van der Waals surface area contributed by atoms with E-state index >= 15 is 0 Å². The van der Waals surface area contributed by atoms with E-state index in [-0.39, 0.29) is 12.3 Å². The summed E-state index contributed by atoms with van der Waals surface area (Å²) in [5, 5.41) is 8.42. The Balaban J connectivity index is 3.59. The van der Waals surface area contributed by atoms with E-state index in [2.05, 4.69) is 0 Å². The number of carbonyl (C=O) groups is 2. The van der Waals surface area contributed by atoms with Gasteiger partial charge in [-0.05, 0) is 5.75 Å². The molecule has 0 saturated heterocycles. The molecule has 0 fully saturated rings. The van der Waals surface area contributed by atoms with E-state index in [4.69, 9.17) is 5.11 Å². The minimum atomic E-state index is -0.868. The summed E-state index contributed by atoms with van der Waals surface area (Å²) in [4.78, 5) is 23.1. The molecule has 14 heavy (non-hydrogen) atoms. The molecule has 0 unspecified atom stereocenters. The third-order valence-corrected chi connectivity index (χ3v) is 2.65. The number of nitrogens with zero attached hydrogens (tertiary/aromatic N) is 1. The van der Waals surface area contributed by atoms with Crippen LogP contribution in [-0.2, 0) is 9.59 Å². The van der Waals surface area contributed by atoms with Crippen molar-refractivity contribution in [2.75, 3.05) is 25.1 Å². The Kier molecular flexibility index (Phi) is 7.28. The summed E-state index contributed by atoms with van der Waals surface area (Å²) in [6.45, 7) is 2.34. The van der Waals surface area contributed by atoms with Crippen LogP contribution in [0.4, 0.5) is 0 Å². The zero-order valence-corrected chi connectivity index (χ0v) is 9.47. The largest absolute Gasteiger partial charge is 0.481 e. The second-order valence-corrected chi connectivity index (χ2v) is 4.30. The average molecular weight is 219 g/mol. The van der Waals surface area contributed by atoms with Gasteiger partial charge in [0.05, 0.1) is 6.42 Å². The Labute approximate surface area is 88.7 Å². The number of carboxylic acids is 1. The lowest BCUT2D eigenvalue weighted by atomic mass is 10.3. The van der Waals surface area contributed by atoms with Crippen molar-refractivity contribution in [2.45, 2.75) is 19.8 Å². The summed E-state index contributed by atoms with van der Waals surface area (Å²) in [6.07, 6.45) is 0.512. The highest BCUT2D eigenvalue weighted by Gasteiger charge is 2.09. The molecule has 0 aliphatic carbocycles. The highest BCUT2D eigenvalue weighted by atomic mass is 32.2. The van der Waals surface area contributed by atoms with Gasteiger partial charge in [0.2, 0.25) is 5.91 Å². The second kappa shape index (κ2) is 7.67. The topological polar surface area (TPSA) is 57.6 Å². The monoisotopic (exact) mass is 219 g/mol. The molecule has 0 radical (unpaired) electrons. The molecule has 0 aromatic carbocycles. The third-order valence-electron chi connectivity index (χ3n) is 1.75. The predicted octanol–water partition coefficient (Wildman–Crippen LogP) is 1.06. The van der Waals surface area contributed by atoms with Crippen LogP contribution in [0.5, 0.6) is 0 Å². The zero-order chi connectivity index (χ0) is 11.0. The predicted molar refractivity (Wildman–Crippen MR) is 57.5 cm³/mol. The molecule has 0 aromatic heterocycles. The highest BCUT2D eigenvalue weighted by Crippen LogP contribution is 2.03. The summed E-state index contributed by atoms with van der Waals surface area (Å²) in [5.41, 5.74) is 0. The van der Waals surface area contributed by atoms with Gasteiger partial charge in [0.15, 0.2) is 0 Å². The SMILES string of the molecule is CCSCCC(=O)N(C)CCC(=O)O. The fourth-order valence-electron chi connectivity index (χ4n) is 0.883. The Bertz CT molecular complexity index is 196. The molecule has 0 saturated carbocycles. The Morgan fingerprint density at radius 3 is 2.50 bits per heavy atom. The smallest absolute Gasteiger partial charge is 0.305 e. The third kappa shape index (κ3) is 6.77. The first kappa shape index (κ1) is 13.3. The fraction of sp³-hybridized carbons (Fsp3) is 0.778. The maximum Gasteiger partial charge on any atom is 0.305 e. The lowest BCUT2D eigenvalue weighted by molar-refractivity contribution is -0.138. The molecule has 0 aliphatic heterocycles. The summed E-state index contributed by atoms with van der Waals surface area (Å²) in [6, 6.07) is 0. The van der Waals surface area contributed by atoms with Gasteiger partial charge >= 0.3 is 5.97 Å². The van der Waals surface area contributed by atoms with Crippen molar-refractivity contribution in [1.82, 2.24) is 4.90 Å². The van der Waals surface area contributed by atoms with Crippen molar-refractivity contribution in [2.24, 2.45) is 0 Å². The van der Waals surface area contributed by atoms with Crippen LogP contribution in [0.2, 0.25) is 0 Å². The normalized spacial score (nSPS) is 9.86. The van der Waals surface area contributed by atoms with E-state index < -0.39 is 5.97 Å². The number of carbonyl (C=O) groups excluding carboxylic acids is 1. The zero-order valence-electron chi connectivity index (χ0n) is 8.65. The van der Waals surface area contributed by atoms with Gasteiger partial charge in [-0.2, -0.15) is 11.8 Å². The van der Waals surface area contributed by atoms with Crippen molar-refractivity contribution < 1.29 is 14.7 Å². The molecule has 0 bridgehead atoms. The van der Waals surface area contributed by atoms with Crippen LogP contribution in [0.25, 0.3) is 0 Å². The molecule has 0 rings (SSSR count). The Morgan fingerprint density at radius 1 is 1.36 bits per heavy atom. The molecule has 0 aromatic rings. The van der Waals surface area contributed by atoms with Gasteiger partial charge in [0.25, 0.3) is 0 Å². The number of aliphatic carboxylic acids is 1. The molecular formula is C9H17NO3S. The van der Waals surface area contributed by atoms with Crippen LogP contribution in [0.1, 0.15) is 19.8 Å². The molecule has 0 atom stereocenters. The van der Waals surface area contributed by atoms with Crippen LogP contribution in [-0.4, -0.2) is 47.0 Å². The van der Waals surface area contributed by atoms with Gasteiger partial charge in [-0.1, -0.05) is 6.92 Å². The van der Waals surface area contributed by atoms with Gasteiger partial charge in [0, 0.05) is 25.8 Å². The number of amides is 1. The first-order valence-corrected chi connectivity index (χ1v) is 5.77. The molecule has 0 spiro atoms. The first-order valence-electron chi connectivity index (χ1n) is 4.61. The van der Waals surface area contributed by atoms with Crippen LogP contribution >= 0.6 is 11.8 Å².